The van der Waals surface area contributed by atoms with Gasteiger partial charge in [0.25, 0.3) is 5.56 Å². The number of H-pyrrole nitrogens is 1. The van der Waals surface area contributed by atoms with Gasteiger partial charge in [0.15, 0.2) is 11.2 Å². The van der Waals surface area contributed by atoms with Gasteiger partial charge in [-0.25, -0.2) is 9.97 Å². The maximum Gasteiger partial charge on any atom is 0.278 e. The predicted molar refractivity (Wildman–Crippen MR) is 118 cm³/mol. The first-order valence-corrected chi connectivity index (χ1v) is 10.4. The van der Waals surface area contributed by atoms with Crippen LogP contribution in [-0.4, -0.2) is 32.7 Å². The van der Waals surface area contributed by atoms with E-state index >= 15 is 0 Å². The minimum absolute atomic E-state index is 0.201. The molecule has 2 aromatic carbocycles. The van der Waals surface area contributed by atoms with Gasteiger partial charge in [-0.3, -0.25) is 4.79 Å². The van der Waals surface area contributed by atoms with E-state index in [-0.39, 0.29) is 11.5 Å². The zero-order valence-electron chi connectivity index (χ0n) is 17.3. The Bertz CT molecular complexity index is 1080. The number of ether oxygens (including phenoxy) is 2. The maximum absolute atomic E-state index is 11.9. The summed E-state index contributed by atoms with van der Waals surface area (Å²) in [6.07, 6.45) is 3.90. The average molecular weight is 418 g/mol. The van der Waals surface area contributed by atoms with E-state index in [4.69, 9.17) is 9.47 Å². The van der Waals surface area contributed by atoms with Gasteiger partial charge in [-0.15, -0.1) is 0 Å². The lowest BCUT2D eigenvalue weighted by Crippen LogP contribution is -2.19. The van der Waals surface area contributed by atoms with Crippen molar-refractivity contribution >= 4 is 11.2 Å². The lowest BCUT2D eigenvalue weighted by molar-refractivity contribution is 0.0226. The van der Waals surface area contributed by atoms with E-state index in [1.165, 1.54) is 6.33 Å². The van der Waals surface area contributed by atoms with Crippen LogP contribution in [-0.2, 0) is 29.2 Å². The number of hydrogen-bond donors (Lipinski definition) is 1. The van der Waals surface area contributed by atoms with Gasteiger partial charge >= 0.3 is 0 Å². The minimum atomic E-state index is -0.224. The smallest absolute Gasteiger partial charge is 0.278 e. The van der Waals surface area contributed by atoms with Crippen LogP contribution in [0.15, 0.2) is 78.1 Å². The van der Waals surface area contributed by atoms with Crippen molar-refractivity contribution in [2.75, 3.05) is 13.2 Å². The molecule has 0 atom stereocenters. The molecule has 0 bridgehead atoms. The van der Waals surface area contributed by atoms with Gasteiger partial charge in [0.05, 0.1) is 39.1 Å². The fourth-order valence-electron chi connectivity index (χ4n) is 3.43. The molecule has 0 fully saturated rings. The largest absolute Gasteiger partial charge is 0.376 e. The molecule has 2 heterocycles. The summed E-state index contributed by atoms with van der Waals surface area (Å²) in [5, 5.41) is 0. The van der Waals surface area contributed by atoms with Crippen molar-refractivity contribution in [2.45, 2.75) is 26.2 Å². The molecule has 7 heteroatoms. The zero-order chi connectivity index (χ0) is 21.3. The maximum atomic E-state index is 11.9. The second-order valence-electron chi connectivity index (χ2n) is 7.50. The van der Waals surface area contributed by atoms with Gasteiger partial charge in [0.1, 0.15) is 0 Å². The third-order valence-corrected chi connectivity index (χ3v) is 5.12. The Morgan fingerprint density at radius 2 is 1.48 bits per heavy atom. The summed E-state index contributed by atoms with van der Waals surface area (Å²) in [5.74, 6) is 0.201. The van der Waals surface area contributed by atoms with Crippen molar-refractivity contribution in [1.82, 2.24) is 19.5 Å². The summed E-state index contributed by atoms with van der Waals surface area (Å²) in [6.45, 7) is 3.00. The van der Waals surface area contributed by atoms with Crippen LogP contribution >= 0.6 is 0 Å². The van der Waals surface area contributed by atoms with Crippen LogP contribution in [0.25, 0.3) is 11.2 Å². The quantitative estimate of drug-likeness (QED) is 0.403. The zero-order valence-corrected chi connectivity index (χ0v) is 17.3. The number of hydrogen-bond acceptors (Lipinski definition) is 5. The molecule has 7 nitrogen and oxygen atoms in total. The second-order valence-corrected chi connectivity index (χ2v) is 7.50. The summed E-state index contributed by atoms with van der Waals surface area (Å²) < 4.78 is 13.9. The van der Waals surface area contributed by atoms with Crippen molar-refractivity contribution in [3.05, 3.63) is 94.8 Å². The summed E-state index contributed by atoms with van der Waals surface area (Å²) in [5.41, 5.74) is 3.03. The molecular formula is C24H26N4O3. The number of rotatable bonds is 11. The van der Waals surface area contributed by atoms with Crippen LogP contribution in [0.1, 0.15) is 17.5 Å². The van der Waals surface area contributed by atoms with Gasteiger partial charge < -0.3 is 19.0 Å². The molecule has 0 spiro atoms. The van der Waals surface area contributed by atoms with E-state index < -0.39 is 0 Å². The van der Waals surface area contributed by atoms with Crippen LogP contribution in [0, 0.1) is 5.92 Å². The van der Waals surface area contributed by atoms with E-state index in [9.17, 15) is 4.79 Å². The van der Waals surface area contributed by atoms with E-state index in [0.717, 1.165) is 17.5 Å². The Labute approximate surface area is 180 Å². The Hall–Kier alpha value is -3.29. The van der Waals surface area contributed by atoms with Gasteiger partial charge in [-0.1, -0.05) is 60.7 Å². The Balaban J connectivity index is 1.35. The lowest BCUT2D eigenvalue weighted by Gasteiger charge is -2.18. The van der Waals surface area contributed by atoms with Crippen LogP contribution < -0.4 is 5.56 Å². The molecule has 4 aromatic rings. The molecule has 160 valence electrons. The number of benzene rings is 2. The third kappa shape index (κ3) is 5.87. The number of aromatic amines is 1. The van der Waals surface area contributed by atoms with Crippen molar-refractivity contribution in [3.8, 4) is 0 Å². The molecule has 0 unspecified atom stereocenters. The molecule has 0 saturated heterocycles. The monoisotopic (exact) mass is 418 g/mol. The first-order valence-electron chi connectivity index (χ1n) is 10.4. The standard InChI is InChI=1S/C24H26N4O3/c29-24-22-23(25-17-26-24)28(18-27-22)12-11-21(15-30-13-19-7-3-1-4-8-19)16-31-14-20-9-5-2-6-10-20/h1-10,17-18,21H,11-16H2,(H,25,26,29). The molecule has 0 aliphatic heterocycles. The molecular weight excluding hydrogens is 392 g/mol. The molecule has 2 aromatic heterocycles. The predicted octanol–water partition coefficient (Wildman–Crippen LogP) is 3.56. The normalized spacial score (nSPS) is 11.4. The molecule has 31 heavy (non-hydrogen) atoms. The van der Waals surface area contributed by atoms with Crippen LogP contribution in [0.5, 0.6) is 0 Å². The first-order chi connectivity index (χ1) is 15.3. The minimum Gasteiger partial charge on any atom is -0.376 e. The van der Waals surface area contributed by atoms with E-state index in [0.29, 0.717) is 44.1 Å². The van der Waals surface area contributed by atoms with Crippen LogP contribution in [0.3, 0.4) is 0 Å². The Kier molecular flexibility index (Phi) is 7.20. The van der Waals surface area contributed by atoms with Crippen molar-refractivity contribution < 1.29 is 9.47 Å². The number of nitrogens with one attached hydrogen (secondary N) is 1. The van der Waals surface area contributed by atoms with E-state index in [2.05, 4.69) is 39.2 Å². The fraction of sp³-hybridized carbons (Fsp3) is 0.292. The van der Waals surface area contributed by atoms with Gasteiger partial charge in [-0.2, -0.15) is 0 Å². The van der Waals surface area contributed by atoms with Gasteiger partial charge in [0, 0.05) is 12.5 Å². The summed E-state index contributed by atoms with van der Waals surface area (Å²) >= 11 is 0. The lowest BCUT2D eigenvalue weighted by atomic mass is 10.1. The molecule has 0 amide bonds. The molecule has 4 rings (SSSR count). The fourth-order valence-corrected chi connectivity index (χ4v) is 3.43. The molecule has 0 saturated carbocycles. The molecule has 0 radical (unpaired) electrons. The topological polar surface area (TPSA) is 82.0 Å². The van der Waals surface area contributed by atoms with E-state index in [1.807, 2.05) is 41.0 Å². The highest BCUT2D eigenvalue weighted by atomic mass is 16.5. The molecule has 1 N–H and O–H groups in total. The SMILES string of the molecule is O=c1[nH]cnc2c1ncn2CCC(COCc1ccccc1)COCc1ccccc1. The highest BCUT2D eigenvalue weighted by Gasteiger charge is 2.13. The van der Waals surface area contributed by atoms with Gasteiger partial charge in [0.2, 0.25) is 0 Å². The van der Waals surface area contributed by atoms with Crippen molar-refractivity contribution in [1.29, 1.82) is 0 Å². The summed E-state index contributed by atoms with van der Waals surface area (Å²) in [6, 6.07) is 20.3. The first kappa shape index (κ1) is 21.0. The molecule has 0 aliphatic rings. The summed E-state index contributed by atoms with van der Waals surface area (Å²) in [7, 11) is 0. The van der Waals surface area contributed by atoms with Crippen molar-refractivity contribution in [2.24, 2.45) is 5.92 Å². The average Bonchev–Trinajstić information content (AvgIpc) is 3.23. The number of imidazole rings is 1. The number of nitrogens with zero attached hydrogens (tertiary/aromatic N) is 3. The third-order valence-electron chi connectivity index (χ3n) is 5.12. The summed E-state index contributed by atoms with van der Waals surface area (Å²) in [4.78, 5) is 22.9. The van der Waals surface area contributed by atoms with Crippen molar-refractivity contribution in [3.63, 3.8) is 0 Å². The van der Waals surface area contributed by atoms with Crippen LogP contribution in [0.2, 0.25) is 0 Å². The molecule has 0 aliphatic carbocycles. The Morgan fingerprint density at radius 1 is 0.871 bits per heavy atom. The van der Waals surface area contributed by atoms with Gasteiger partial charge in [-0.05, 0) is 17.5 Å². The van der Waals surface area contributed by atoms with Crippen LogP contribution in [0.4, 0.5) is 0 Å². The second kappa shape index (κ2) is 10.7. The highest BCUT2D eigenvalue weighted by Crippen LogP contribution is 2.13. The highest BCUT2D eigenvalue weighted by molar-refractivity contribution is 5.68. The number of fused-ring (bicyclic) bond motifs is 1. The van der Waals surface area contributed by atoms with E-state index in [1.54, 1.807) is 6.33 Å². The number of aromatic nitrogens is 4. The Morgan fingerprint density at radius 3 is 2.10 bits per heavy atom. The number of aryl methyl sites for hydroxylation is 1.